The van der Waals surface area contributed by atoms with E-state index in [1.807, 2.05) is 0 Å². The van der Waals surface area contributed by atoms with Crippen molar-refractivity contribution in [2.24, 2.45) is 0 Å². The quantitative estimate of drug-likeness (QED) is 0.171. The van der Waals surface area contributed by atoms with E-state index in [-0.39, 0.29) is 13.2 Å². The minimum atomic E-state index is -1.43. The van der Waals surface area contributed by atoms with Crippen LogP contribution in [0.25, 0.3) is 0 Å². The number of esters is 1. The minimum absolute atomic E-state index is 0.262. The summed E-state index contributed by atoms with van der Waals surface area (Å²) in [6.07, 6.45) is 1.61. The van der Waals surface area contributed by atoms with Gasteiger partial charge in [0.05, 0.1) is 13.2 Å². The number of hydrogen-bond acceptors (Lipinski definition) is 9. The standard InChI is InChI=1S/C21H39NO9/c1-3-4-5-6-7-8-9-10-17(26)29-12-15(25)13-30-21-18(22-14(2)24)20(28)19(27)16(11-23)31-21/h15-16,18-21,23,25,27-28H,3-13H2,1-2H3,(H,22,24)/t15?,16-,18+,19-,20-,21-/m1/s1. The highest BCUT2D eigenvalue weighted by atomic mass is 16.7. The number of aliphatic hydroxyl groups is 4. The van der Waals surface area contributed by atoms with Gasteiger partial charge in [-0.15, -0.1) is 0 Å². The monoisotopic (exact) mass is 449 g/mol. The van der Waals surface area contributed by atoms with Gasteiger partial charge in [-0.3, -0.25) is 9.59 Å². The number of carbonyl (C=O) groups excluding carboxylic acids is 2. The number of nitrogens with one attached hydrogen (secondary N) is 1. The Morgan fingerprint density at radius 2 is 1.68 bits per heavy atom. The Bertz CT molecular complexity index is 519. The van der Waals surface area contributed by atoms with E-state index in [9.17, 15) is 30.0 Å². The lowest BCUT2D eigenvalue weighted by molar-refractivity contribution is -0.275. The third kappa shape index (κ3) is 10.7. The zero-order valence-corrected chi connectivity index (χ0v) is 18.6. The fourth-order valence-corrected chi connectivity index (χ4v) is 3.35. The summed E-state index contributed by atoms with van der Waals surface area (Å²) in [6.45, 7) is 2.27. The second-order valence-electron chi connectivity index (χ2n) is 7.97. The van der Waals surface area contributed by atoms with Crippen LogP contribution in [0.15, 0.2) is 0 Å². The van der Waals surface area contributed by atoms with E-state index in [1.165, 1.54) is 32.6 Å². The largest absolute Gasteiger partial charge is 0.463 e. The van der Waals surface area contributed by atoms with Crippen LogP contribution >= 0.6 is 0 Å². The summed E-state index contributed by atoms with van der Waals surface area (Å²) in [4.78, 5) is 23.2. The van der Waals surface area contributed by atoms with Crippen LogP contribution in [-0.4, -0.2) is 88.9 Å². The van der Waals surface area contributed by atoms with Crippen molar-refractivity contribution in [3.05, 3.63) is 0 Å². The molecule has 182 valence electrons. The maximum atomic E-state index is 11.8. The van der Waals surface area contributed by atoms with Crippen molar-refractivity contribution < 1.29 is 44.2 Å². The van der Waals surface area contributed by atoms with E-state index in [1.54, 1.807) is 0 Å². The first-order valence-corrected chi connectivity index (χ1v) is 11.1. The summed E-state index contributed by atoms with van der Waals surface area (Å²) in [5.41, 5.74) is 0. The van der Waals surface area contributed by atoms with E-state index in [0.29, 0.717) is 6.42 Å². The Balaban J connectivity index is 2.33. The van der Waals surface area contributed by atoms with Crippen LogP contribution in [-0.2, 0) is 23.8 Å². The Morgan fingerprint density at radius 1 is 1.03 bits per heavy atom. The second-order valence-corrected chi connectivity index (χ2v) is 7.97. The number of unbranched alkanes of at least 4 members (excludes halogenated alkanes) is 6. The zero-order chi connectivity index (χ0) is 23.2. The van der Waals surface area contributed by atoms with Crippen LogP contribution in [0.4, 0.5) is 0 Å². The molecule has 0 aliphatic carbocycles. The molecule has 1 saturated heterocycles. The van der Waals surface area contributed by atoms with Gasteiger partial charge in [0.2, 0.25) is 5.91 Å². The van der Waals surface area contributed by atoms with Gasteiger partial charge in [0.15, 0.2) is 6.29 Å². The van der Waals surface area contributed by atoms with E-state index in [2.05, 4.69) is 12.2 Å². The molecule has 0 saturated carbocycles. The average molecular weight is 450 g/mol. The van der Waals surface area contributed by atoms with Crippen molar-refractivity contribution in [2.75, 3.05) is 19.8 Å². The zero-order valence-electron chi connectivity index (χ0n) is 18.6. The lowest BCUT2D eigenvalue weighted by atomic mass is 9.97. The van der Waals surface area contributed by atoms with Crippen LogP contribution in [0.3, 0.4) is 0 Å². The van der Waals surface area contributed by atoms with Gasteiger partial charge in [0, 0.05) is 13.3 Å². The number of hydrogen-bond donors (Lipinski definition) is 5. The Kier molecular flexibility index (Phi) is 13.9. The molecule has 1 aliphatic heterocycles. The highest BCUT2D eigenvalue weighted by molar-refractivity contribution is 5.73. The van der Waals surface area contributed by atoms with E-state index in [0.717, 1.165) is 19.3 Å². The van der Waals surface area contributed by atoms with Crippen molar-refractivity contribution in [1.29, 1.82) is 0 Å². The number of rotatable bonds is 15. The summed E-state index contributed by atoms with van der Waals surface area (Å²) < 4.78 is 15.9. The SMILES string of the molecule is CCCCCCCCCC(=O)OCC(O)CO[C@@H]1O[C@H](CO)[C@@H](O)[C@H](O)[C@@H]1NC(C)=O. The molecular formula is C21H39NO9. The molecule has 0 spiro atoms. The first kappa shape index (κ1) is 27.7. The Morgan fingerprint density at radius 3 is 2.29 bits per heavy atom. The molecular weight excluding hydrogens is 410 g/mol. The maximum absolute atomic E-state index is 11.8. The van der Waals surface area contributed by atoms with Gasteiger partial charge >= 0.3 is 5.97 Å². The molecule has 0 radical (unpaired) electrons. The summed E-state index contributed by atoms with van der Waals surface area (Å²) in [5, 5.41) is 41.9. The first-order valence-electron chi connectivity index (χ1n) is 11.1. The number of amides is 1. The fraction of sp³-hybridized carbons (Fsp3) is 0.905. The topological polar surface area (TPSA) is 155 Å². The molecule has 1 unspecified atom stereocenters. The highest BCUT2D eigenvalue weighted by Gasteiger charge is 2.45. The summed E-state index contributed by atoms with van der Waals surface area (Å²) >= 11 is 0. The second kappa shape index (κ2) is 15.5. The summed E-state index contributed by atoms with van der Waals surface area (Å²) in [6, 6.07) is -1.10. The number of ether oxygens (including phenoxy) is 3. The van der Waals surface area contributed by atoms with Crippen molar-refractivity contribution in [1.82, 2.24) is 5.32 Å². The summed E-state index contributed by atoms with van der Waals surface area (Å²) in [7, 11) is 0. The van der Waals surface area contributed by atoms with Crippen molar-refractivity contribution in [2.45, 2.75) is 102 Å². The lowest BCUT2D eigenvalue weighted by Crippen LogP contribution is -2.64. The first-order chi connectivity index (χ1) is 14.8. The van der Waals surface area contributed by atoms with Gasteiger partial charge in [0.25, 0.3) is 0 Å². The van der Waals surface area contributed by atoms with Gasteiger partial charge < -0.3 is 40.0 Å². The molecule has 0 aromatic carbocycles. The highest BCUT2D eigenvalue weighted by Crippen LogP contribution is 2.22. The third-order valence-electron chi connectivity index (χ3n) is 5.12. The third-order valence-corrected chi connectivity index (χ3v) is 5.12. The molecule has 1 rings (SSSR count). The van der Waals surface area contributed by atoms with Gasteiger partial charge in [-0.1, -0.05) is 45.4 Å². The van der Waals surface area contributed by atoms with Gasteiger partial charge in [-0.05, 0) is 6.42 Å². The van der Waals surface area contributed by atoms with Gasteiger partial charge in [0.1, 0.15) is 37.1 Å². The van der Waals surface area contributed by atoms with Crippen molar-refractivity contribution >= 4 is 11.9 Å². The molecule has 1 heterocycles. The molecule has 0 aromatic heterocycles. The van der Waals surface area contributed by atoms with Crippen molar-refractivity contribution in [3.63, 3.8) is 0 Å². The molecule has 1 aliphatic rings. The van der Waals surface area contributed by atoms with E-state index < -0.39 is 55.2 Å². The predicted molar refractivity (Wildman–Crippen MR) is 111 cm³/mol. The van der Waals surface area contributed by atoms with Crippen LogP contribution < -0.4 is 5.32 Å². The Hall–Kier alpha value is -1.30. The maximum Gasteiger partial charge on any atom is 0.305 e. The summed E-state index contributed by atoms with van der Waals surface area (Å²) in [5.74, 6) is -0.868. The molecule has 1 amide bonds. The van der Waals surface area contributed by atoms with Crippen LogP contribution in [0, 0.1) is 0 Å². The lowest BCUT2D eigenvalue weighted by Gasteiger charge is -2.42. The van der Waals surface area contributed by atoms with Crippen LogP contribution in [0.1, 0.15) is 65.2 Å². The van der Waals surface area contributed by atoms with Crippen molar-refractivity contribution in [3.8, 4) is 0 Å². The molecule has 1 fully saturated rings. The van der Waals surface area contributed by atoms with Crippen LogP contribution in [0.5, 0.6) is 0 Å². The van der Waals surface area contributed by atoms with Gasteiger partial charge in [-0.2, -0.15) is 0 Å². The molecule has 0 aromatic rings. The fourth-order valence-electron chi connectivity index (χ4n) is 3.35. The van der Waals surface area contributed by atoms with Crippen LogP contribution in [0.2, 0.25) is 0 Å². The molecule has 31 heavy (non-hydrogen) atoms. The molecule has 0 bridgehead atoms. The molecule has 10 nitrogen and oxygen atoms in total. The molecule has 6 atom stereocenters. The molecule has 10 heteroatoms. The average Bonchev–Trinajstić information content (AvgIpc) is 2.74. The number of aliphatic hydroxyl groups excluding tert-OH is 4. The smallest absolute Gasteiger partial charge is 0.305 e. The predicted octanol–water partition coefficient (Wildman–Crippen LogP) is -0.00850. The minimum Gasteiger partial charge on any atom is -0.463 e. The Labute approximate surface area is 183 Å². The molecule has 5 N–H and O–H groups in total. The van der Waals surface area contributed by atoms with E-state index >= 15 is 0 Å². The number of carbonyl (C=O) groups is 2. The van der Waals surface area contributed by atoms with E-state index in [4.69, 9.17) is 14.2 Å². The normalized spacial score (nSPS) is 27.0. The van der Waals surface area contributed by atoms with Gasteiger partial charge in [-0.25, -0.2) is 0 Å².